The van der Waals surface area contributed by atoms with Gasteiger partial charge in [0.2, 0.25) is 5.91 Å². The summed E-state index contributed by atoms with van der Waals surface area (Å²) in [5.74, 6) is 0.152. The maximum Gasteiger partial charge on any atom is 0.246 e. The van der Waals surface area contributed by atoms with Crippen molar-refractivity contribution in [2.45, 2.75) is 52.4 Å². The fraction of sp³-hybridized carbons (Fsp3) is 0.739. The van der Waals surface area contributed by atoms with E-state index in [0.717, 1.165) is 47.9 Å². The highest BCUT2D eigenvalue weighted by molar-refractivity contribution is 5.94. The maximum absolute atomic E-state index is 11.6. The zero-order chi connectivity index (χ0) is 21.8. The van der Waals surface area contributed by atoms with Gasteiger partial charge in [-0.2, -0.15) is 0 Å². The third-order valence-electron chi connectivity index (χ3n) is 5.28. The van der Waals surface area contributed by atoms with Crippen LogP contribution in [0.3, 0.4) is 0 Å². The van der Waals surface area contributed by atoms with Gasteiger partial charge in [-0.15, -0.1) is 0 Å². The minimum Gasteiger partial charge on any atom is -0.352 e. The Bertz CT molecular complexity index is 488. The molecule has 1 amide bonds. The number of hydrogen-bond acceptors (Lipinski definition) is 2. The van der Waals surface area contributed by atoms with Crippen molar-refractivity contribution < 1.29 is 18.6 Å². The summed E-state index contributed by atoms with van der Waals surface area (Å²) in [5, 5.41) is 2.90. The molecule has 28 heavy (non-hydrogen) atoms. The van der Waals surface area contributed by atoms with Crippen LogP contribution < -0.4 is 5.32 Å². The summed E-state index contributed by atoms with van der Waals surface area (Å²) in [4.78, 5) is 23.1. The van der Waals surface area contributed by atoms with E-state index in [-0.39, 0.29) is 11.7 Å². The molecule has 0 aliphatic heterocycles. The summed E-state index contributed by atoms with van der Waals surface area (Å²) < 4.78 is 2.00. The van der Waals surface area contributed by atoms with Crippen LogP contribution in [0.4, 0.5) is 0 Å². The molecule has 0 fully saturated rings. The highest BCUT2D eigenvalue weighted by Gasteiger charge is 2.18. The van der Waals surface area contributed by atoms with Gasteiger partial charge in [-0.1, -0.05) is 13.2 Å². The number of ketones is 1. The zero-order valence-electron chi connectivity index (χ0n) is 19.4. The second-order valence-corrected chi connectivity index (χ2v) is 9.52. The number of hydrogen-bond donors (Lipinski definition) is 1. The van der Waals surface area contributed by atoms with E-state index < -0.39 is 0 Å². The monoisotopic (exact) mass is 395 g/mol. The van der Waals surface area contributed by atoms with Gasteiger partial charge in [-0.05, 0) is 32.3 Å². The second kappa shape index (κ2) is 12.9. The maximum atomic E-state index is 11.6. The summed E-state index contributed by atoms with van der Waals surface area (Å²) in [7, 11) is 9.09. The number of quaternary nitrogens is 2. The molecule has 0 aromatic heterocycles. The molecule has 5 heteroatoms. The Hall–Kier alpha value is -1.46. The van der Waals surface area contributed by atoms with E-state index in [4.69, 9.17) is 0 Å². The number of rotatable bonds is 16. The number of nitrogens with one attached hydrogen (secondary N) is 1. The van der Waals surface area contributed by atoms with Crippen molar-refractivity contribution in [2.24, 2.45) is 0 Å². The van der Waals surface area contributed by atoms with E-state index in [1.54, 1.807) is 13.8 Å². The molecule has 0 spiro atoms. The third kappa shape index (κ3) is 13.7. The van der Waals surface area contributed by atoms with Gasteiger partial charge < -0.3 is 14.3 Å². The van der Waals surface area contributed by atoms with Crippen molar-refractivity contribution in [1.82, 2.24) is 5.32 Å². The molecule has 0 aliphatic carbocycles. The average molecular weight is 396 g/mol. The molecule has 0 aliphatic rings. The van der Waals surface area contributed by atoms with E-state index in [2.05, 4.69) is 46.7 Å². The third-order valence-corrected chi connectivity index (χ3v) is 5.28. The van der Waals surface area contributed by atoms with Gasteiger partial charge in [-0.25, -0.2) is 0 Å². The van der Waals surface area contributed by atoms with Crippen LogP contribution in [0.5, 0.6) is 0 Å². The Balaban J connectivity index is 3.91. The molecule has 1 N–H and O–H groups in total. The van der Waals surface area contributed by atoms with E-state index in [1.165, 1.54) is 19.4 Å². The molecular weight excluding hydrogens is 350 g/mol. The molecule has 0 saturated carbocycles. The van der Waals surface area contributed by atoms with E-state index >= 15 is 0 Å². The standard InChI is InChI=1S/C23H44N3O2/c1-20(2)22(27)14-9-10-16-25(5,6)17-11-12-18-26(7,8)19-13-15-24-23(28)21(3)4/h1,3,9-19H2,2,4-8H3/q+1/p+1. The molecule has 0 heterocycles. The summed E-state index contributed by atoms with van der Waals surface area (Å²) in [6, 6.07) is 0. The smallest absolute Gasteiger partial charge is 0.246 e. The highest BCUT2D eigenvalue weighted by Crippen LogP contribution is 2.10. The molecular formula is C23H45N3O2+2. The van der Waals surface area contributed by atoms with Crippen molar-refractivity contribution in [2.75, 3.05) is 60.9 Å². The fourth-order valence-electron chi connectivity index (χ4n) is 3.20. The minimum absolute atomic E-state index is 0.0469. The second-order valence-electron chi connectivity index (χ2n) is 9.52. The quantitative estimate of drug-likeness (QED) is 0.248. The van der Waals surface area contributed by atoms with E-state index in [1.807, 2.05) is 0 Å². The van der Waals surface area contributed by atoms with Crippen LogP contribution in [0, 0.1) is 0 Å². The Morgan fingerprint density at radius 1 is 0.714 bits per heavy atom. The summed E-state index contributed by atoms with van der Waals surface area (Å²) in [6.07, 6.45) is 6.08. The Morgan fingerprint density at radius 2 is 1.14 bits per heavy atom. The Morgan fingerprint density at radius 3 is 1.57 bits per heavy atom. The van der Waals surface area contributed by atoms with Crippen molar-refractivity contribution in [1.29, 1.82) is 0 Å². The lowest BCUT2D eigenvalue weighted by Crippen LogP contribution is -2.44. The lowest BCUT2D eigenvalue weighted by Gasteiger charge is -2.32. The predicted molar refractivity (Wildman–Crippen MR) is 119 cm³/mol. The SMILES string of the molecule is C=C(C)C(=O)CCCC[N+](C)(C)CCCC[N+](C)(C)CCCNC(=O)C(=C)C. The van der Waals surface area contributed by atoms with Gasteiger partial charge >= 0.3 is 0 Å². The van der Waals surface area contributed by atoms with Crippen LogP contribution >= 0.6 is 0 Å². The first-order valence-electron chi connectivity index (χ1n) is 10.6. The van der Waals surface area contributed by atoms with Gasteiger partial charge in [0, 0.05) is 37.8 Å². The summed E-state index contributed by atoms with van der Waals surface area (Å²) in [6.45, 7) is 16.1. The van der Waals surface area contributed by atoms with E-state index in [9.17, 15) is 9.59 Å². The van der Waals surface area contributed by atoms with Crippen LogP contribution in [0.25, 0.3) is 0 Å². The van der Waals surface area contributed by atoms with Crippen molar-refractivity contribution in [3.63, 3.8) is 0 Å². The van der Waals surface area contributed by atoms with Crippen LogP contribution in [0.1, 0.15) is 52.4 Å². The number of carbonyl (C=O) groups is 2. The first-order valence-corrected chi connectivity index (χ1v) is 10.6. The number of nitrogens with zero attached hydrogens (tertiary/aromatic N) is 2. The molecule has 0 unspecified atom stereocenters. The summed E-state index contributed by atoms with van der Waals surface area (Å²) >= 11 is 0. The number of unbranched alkanes of at least 4 members (excludes halogenated alkanes) is 2. The molecule has 0 aromatic rings. The van der Waals surface area contributed by atoms with Crippen LogP contribution in [-0.2, 0) is 9.59 Å². The number of Topliss-reactive ketones (excluding diaryl/α,β-unsaturated/α-hetero) is 1. The van der Waals surface area contributed by atoms with Crippen molar-refractivity contribution in [3.05, 3.63) is 24.3 Å². The van der Waals surface area contributed by atoms with Gasteiger partial charge in [0.1, 0.15) is 0 Å². The minimum atomic E-state index is -0.0469. The van der Waals surface area contributed by atoms with Crippen LogP contribution in [0.2, 0.25) is 0 Å². The highest BCUT2D eigenvalue weighted by atomic mass is 16.1. The van der Waals surface area contributed by atoms with Crippen LogP contribution in [-0.4, -0.2) is 81.6 Å². The molecule has 0 rings (SSSR count). The Labute approximate surface area is 173 Å². The molecule has 0 saturated heterocycles. The largest absolute Gasteiger partial charge is 0.352 e. The first-order chi connectivity index (χ1) is 12.9. The van der Waals surface area contributed by atoms with Gasteiger partial charge in [0.25, 0.3) is 0 Å². The van der Waals surface area contributed by atoms with Gasteiger partial charge in [-0.3, -0.25) is 9.59 Å². The van der Waals surface area contributed by atoms with E-state index in [0.29, 0.717) is 24.1 Å². The normalized spacial score (nSPS) is 11.9. The summed E-state index contributed by atoms with van der Waals surface area (Å²) in [5.41, 5.74) is 1.24. The Kier molecular flexibility index (Phi) is 12.2. The number of carbonyl (C=O) groups excluding carboxylic acids is 2. The lowest BCUT2D eigenvalue weighted by molar-refractivity contribution is -0.897. The molecule has 0 aromatic carbocycles. The molecule has 0 bridgehead atoms. The predicted octanol–water partition coefficient (Wildman–Crippen LogP) is 3.32. The molecule has 0 atom stereocenters. The van der Waals surface area contributed by atoms with Gasteiger partial charge in [0.05, 0.1) is 54.4 Å². The molecule has 0 radical (unpaired) electrons. The number of amides is 1. The molecule has 162 valence electrons. The number of allylic oxidation sites excluding steroid dienone is 1. The first kappa shape index (κ1) is 26.5. The lowest BCUT2D eigenvalue weighted by atomic mass is 10.1. The zero-order valence-corrected chi connectivity index (χ0v) is 19.4. The fourth-order valence-corrected chi connectivity index (χ4v) is 3.20. The van der Waals surface area contributed by atoms with Gasteiger partial charge in [0.15, 0.2) is 5.78 Å². The topological polar surface area (TPSA) is 46.2 Å². The molecule has 5 nitrogen and oxygen atoms in total. The van der Waals surface area contributed by atoms with Crippen molar-refractivity contribution >= 4 is 11.7 Å². The average Bonchev–Trinajstić information content (AvgIpc) is 2.59. The van der Waals surface area contributed by atoms with Crippen LogP contribution in [0.15, 0.2) is 24.3 Å². The van der Waals surface area contributed by atoms with Crippen molar-refractivity contribution in [3.8, 4) is 0 Å².